The summed E-state index contributed by atoms with van der Waals surface area (Å²) in [7, 11) is 0. The van der Waals surface area contributed by atoms with Gasteiger partial charge in [-0.15, -0.1) is 0 Å². The fourth-order valence-electron chi connectivity index (χ4n) is 3.96. The molecular weight excluding hydrogens is 444 g/mol. The number of aliphatic carboxylic acids is 1. The van der Waals surface area contributed by atoms with E-state index in [9.17, 15) is 19.2 Å². The molecule has 0 aliphatic heterocycles. The fourth-order valence-corrected chi connectivity index (χ4v) is 3.96. The normalized spacial score (nSPS) is 20.4. The van der Waals surface area contributed by atoms with Gasteiger partial charge in [-0.05, 0) is 86.0 Å². The molecule has 0 radical (unpaired) electrons. The van der Waals surface area contributed by atoms with Crippen molar-refractivity contribution in [2.45, 2.75) is 144 Å². The first-order valence-corrected chi connectivity index (χ1v) is 13.3. The van der Waals surface area contributed by atoms with Gasteiger partial charge in [0, 0.05) is 10.8 Å². The van der Waals surface area contributed by atoms with E-state index in [4.69, 9.17) is 16.6 Å². The van der Waals surface area contributed by atoms with Crippen LogP contribution in [0.4, 0.5) is 0 Å². The molecule has 206 valence electrons. The summed E-state index contributed by atoms with van der Waals surface area (Å²) in [5, 5.41) is 8.32. The fraction of sp³-hybridized carbons (Fsp3) is 0.857. The van der Waals surface area contributed by atoms with Gasteiger partial charge in [-0.25, -0.2) is 0 Å². The van der Waals surface area contributed by atoms with Gasteiger partial charge in [-0.1, -0.05) is 47.0 Å². The van der Waals surface area contributed by atoms with Crippen molar-refractivity contribution in [2.24, 2.45) is 22.3 Å². The van der Waals surface area contributed by atoms with Crippen molar-refractivity contribution in [3.8, 4) is 0 Å². The minimum atomic E-state index is -1.04. The van der Waals surface area contributed by atoms with Crippen LogP contribution in [0.5, 0.6) is 0 Å². The van der Waals surface area contributed by atoms with Crippen LogP contribution in [0, 0.1) is 10.8 Å². The molecule has 7 heteroatoms. The molecule has 0 heterocycles. The van der Waals surface area contributed by atoms with Gasteiger partial charge in [-0.3, -0.25) is 19.2 Å². The van der Waals surface area contributed by atoms with Gasteiger partial charge in [0.15, 0.2) is 0 Å². The first-order chi connectivity index (χ1) is 15.9. The molecule has 0 saturated heterocycles. The highest BCUT2D eigenvalue weighted by Crippen LogP contribution is 2.44. The van der Waals surface area contributed by atoms with Crippen LogP contribution in [0.25, 0.3) is 0 Å². The Morgan fingerprint density at radius 3 is 1.06 bits per heavy atom. The zero-order valence-electron chi connectivity index (χ0n) is 24.0. The van der Waals surface area contributed by atoms with Gasteiger partial charge in [-0.2, -0.15) is 0 Å². The highest BCUT2D eigenvalue weighted by atomic mass is 16.4. The average molecular weight is 499 g/mol. The van der Waals surface area contributed by atoms with Gasteiger partial charge in [0.25, 0.3) is 0 Å². The van der Waals surface area contributed by atoms with Crippen LogP contribution in [0.1, 0.15) is 133 Å². The van der Waals surface area contributed by atoms with E-state index in [0.717, 1.165) is 38.5 Å². The van der Waals surface area contributed by atoms with E-state index in [1.807, 2.05) is 6.92 Å². The van der Waals surface area contributed by atoms with Crippen molar-refractivity contribution in [3.63, 3.8) is 0 Å². The molecule has 0 bridgehead atoms. The summed E-state index contributed by atoms with van der Waals surface area (Å²) in [6, 6.07) is 0. The number of carboxylic acids is 1. The van der Waals surface area contributed by atoms with E-state index in [-0.39, 0.29) is 16.6 Å². The molecule has 7 nitrogen and oxygen atoms in total. The average Bonchev–Trinajstić information content (AvgIpc) is 3.25. The number of hydrogen-bond acceptors (Lipinski definition) is 6. The van der Waals surface area contributed by atoms with Gasteiger partial charge >= 0.3 is 5.97 Å². The lowest BCUT2D eigenvalue weighted by Crippen LogP contribution is -2.43. The minimum absolute atomic E-state index is 0.0556. The van der Waals surface area contributed by atoms with Crippen LogP contribution in [-0.2, 0) is 19.2 Å². The van der Waals surface area contributed by atoms with Crippen molar-refractivity contribution in [1.82, 2.24) is 0 Å². The number of rotatable bonds is 8. The molecule has 0 amide bonds. The van der Waals surface area contributed by atoms with E-state index < -0.39 is 17.0 Å². The van der Waals surface area contributed by atoms with E-state index >= 15 is 0 Å². The number of carbonyl (C=O) groups is 4. The highest BCUT2D eigenvalue weighted by molar-refractivity contribution is 5.85. The Labute approximate surface area is 214 Å². The Hall–Kier alpha value is -1.60. The first kappa shape index (κ1) is 35.6. The zero-order chi connectivity index (χ0) is 28.1. The Morgan fingerprint density at radius 1 is 0.686 bits per heavy atom. The lowest BCUT2D eigenvalue weighted by molar-refractivity contribution is -0.142. The third-order valence-electron chi connectivity index (χ3n) is 8.48. The summed E-state index contributed by atoms with van der Waals surface area (Å²) in [5.41, 5.74) is 9.35. The molecule has 2 aliphatic rings. The maximum atomic E-state index is 11.2. The molecule has 0 aromatic carbocycles. The van der Waals surface area contributed by atoms with E-state index in [2.05, 4.69) is 13.8 Å². The molecule has 2 rings (SSSR count). The maximum Gasteiger partial charge on any atom is 0.323 e. The number of nitrogens with two attached hydrogens (primary N) is 2. The Bertz CT molecular complexity index is 656. The second-order valence-electron chi connectivity index (χ2n) is 10.8. The molecule has 2 fully saturated rings. The van der Waals surface area contributed by atoms with Crippen LogP contribution in [0.2, 0.25) is 0 Å². The predicted molar refractivity (Wildman–Crippen MR) is 143 cm³/mol. The van der Waals surface area contributed by atoms with E-state index in [1.165, 1.54) is 33.1 Å². The van der Waals surface area contributed by atoms with Crippen LogP contribution >= 0.6 is 0 Å². The van der Waals surface area contributed by atoms with Crippen LogP contribution in [0.15, 0.2) is 0 Å². The minimum Gasteiger partial charge on any atom is -0.480 e. The summed E-state index contributed by atoms with van der Waals surface area (Å²) in [5.74, 6) is -0.0799. The third kappa shape index (κ3) is 11.3. The number of carboxylic acid groups (broad SMARTS) is 1. The third-order valence-corrected chi connectivity index (χ3v) is 8.48. The van der Waals surface area contributed by atoms with Gasteiger partial charge in [0.2, 0.25) is 0 Å². The van der Waals surface area contributed by atoms with E-state index in [0.29, 0.717) is 24.4 Å². The van der Waals surface area contributed by atoms with Gasteiger partial charge in [0.1, 0.15) is 22.9 Å². The van der Waals surface area contributed by atoms with Crippen molar-refractivity contribution in [3.05, 3.63) is 0 Å². The van der Waals surface area contributed by atoms with Crippen LogP contribution in [-0.4, -0.2) is 39.5 Å². The van der Waals surface area contributed by atoms with Crippen molar-refractivity contribution >= 4 is 23.3 Å². The number of carbonyl (C=O) groups excluding carboxylic acids is 3. The smallest absolute Gasteiger partial charge is 0.323 e. The number of ketones is 3. The zero-order valence-corrected chi connectivity index (χ0v) is 24.0. The molecule has 0 spiro atoms. The lowest BCUT2D eigenvalue weighted by atomic mass is 9.65. The second kappa shape index (κ2) is 15.5. The monoisotopic (exact) mass is 498 g/mol. The standard InChI is InChI=1S/C9H16O.C8H14O.C6H13NO.C5H11NO2/c1-3-9(8(2)10)6-4-5-7-9;1-3-8(7(2)9)5-4-6-8;1-4-6(3,7)5(2)8;1-3-5(2,6)4(7)8/h3-7H2,1-2H3;3-6H2,1-2H3;4,7H2,1-3H3;3,6H2,1-2H3,(H,7,8)/t;;6-;5-/m..01/s1. The Kier molecular flexibility index (Phi) is 15.7. The molecule has 2 aliphatic carbocycles. The van der Waals surface area contributed by atoms with Gasteiger partial charge in [0.05, 0.1) is 5.54 Å². The highest BCUT2D eigenvalue weighted by Gasteiger charge is 2.39. The topological polar surface area (TPSA) is 141 Å². The maximum absolute atomic E-state index is 11.2. The molecule has 2 atom stereocenters. The molecule has 5 N–H and O–H groups in total. The summed E-state index contributed by atoms with van der Waals surface area (Å²) < 4.78 is 0. The molecule has 35 heavy (non-hydrogen) atoms. The van der Waals surface area contributed by atoms with Crippen LogP contribution in [0.3, 0.4) is 0 Å². The number of Topliss-reactive ketones (excluding diaryl/α,β-unsaturated/α-hetero) is 3. The van der Waals surface area contributed by atoms with Crippen molar-refractivity contribution < 1.29 is 24.3 Å². The molecule has 0 aromatic rings. The van der Waals surface area contributed by atoms with Crippen LogP contribution < -0.4 is 11.5 Å². The Morgan fingerprint density at radius 2 is 1.00 bits per heavy atom. The first-order valence-electron chi connectivity index (χ1n) is 13.3. The SMILES string of the molecule is CCC1(C(C)=O)CCC1.CCC1(C(C)=O)CCCC1.CC[C@@](C)(N)C(=O)O.CC[C@](C)(N)C(C)=O. The molecular formula is C28H54N2O5. The quantitative estimate of drug-likeness (QED) is 0.395. The largest absolute Gasteiger partial charge is 0.480 e. The second-order valence-corrected chi connectivity index (χ2v) is 10.8. The van der Waals surface area contributed by atoms with Crippen molar-refractivity contribution in [1.29, 1.82) is 0 Å². The summed E-state index contributed by atoms with van der Waals surface area (Å²) >= 11 is 0. The predicted octanol–water partition coefficient (Wildman–Crippen LogP) is 5.60. The summed E-state index contributed by atoms with van der Waals surface area (Å²) in [4.78, 5) is 42.9. The van der Waals surface area contributed by atoms with E-state index in [1.54, 1.807) is 27.7 Å². The van der Waals surface area contributed by atoms with Crippen molar-refractivity contribution in [2.75, 3.05) is 0 Å². The molecule has 0 aromatic heterocycles. The summed E-state index contributed by atoms with van der Waals surface area (Å²) in [6.07, 6.45) is 11.6. The summed E-state index contributed by atoms with van der Waals surface area (Å²) in [6.45, 7) is 16.1. The van der Waals surface area contributed by atoms with Gasteiger partial charge < -0.3 is 16.6 Å². The molecule has 2 saturated carbocycles. The Balaban J connectivity index is 0. The number of hydrogen-bond donors (Lipinski definition) is 3. The lowest BCUT2D eigenvalue weighted by Gasteiger charge is -2.38. The molecule has 0 unspecified atom stereocenters.